The minimum Gasteiger partial charge on any atom is -0.311 e. The summed E-state index contributed by atoms with van der Waals surface area (Å²) in [7, 11) is 0. The molecule has 0 saturated heterocycles. The molecule has 4 aromatic rings. The summed E-state index contributed by atoms with van der Waals surface area (Å²) in [4.78, 5) is 14.9. The Hall–Kier alpha value is -3.38. The molecule has 5 rings (SSSR count). The van der Waals surface area contributed by atoms with Crippen LogP contribution in [-0.2, 0) is 11.2 Å². The molecule has 0 aliphatic carbocycles. The SMILES string of the molecule is Cc1cccc(-c2nnc(SCC(=O)N3CCc4ccccc43)n2-c2ccccc2)c1. The van der Waals surface area contributed by atoms with Gasteiger partial charge in [0, 0.05) is 23.5 Å². The highest BCUT2D eigenvalue weighted by molar-refractivity contribution is 7.99. The molecule has 1 aliphatic heterocycles. The monoisotopic (exact) mass is 426 g/mol. The van der Waals surface area contributed by atoms with E-state index >= 15 is 0 Å². The highest BCUT2D eigenvalue weighted by atomic mass is 32.2. The normalized spacial score (nSPS) is 12.7. The molecular weight excluding hydrogens is 404 g/mol. The summed E-state index contributed by atoms with van der Waals surface area (Å²) in [5, 5.41) is 9.64. The van der Waals surface area contributed by atoms with E-state index in [1.807, 2.05) is 70.1 Å². The molecule has 1 aromatic heterocycles. The van der Waals surface area contributed by atoms with Crippen LogP contribution in [0, 0.1) is 6.92 Å². The number of thioether (sulfide) groups is 1. The topological polar surface area (TPSA) is 51.0 Å². The first-order valence-electron chi connectivity index (χ1n) is 10.3. The van der Waals surface area contributed by atoms with Crippen LogP contribution in [-0.4, -0.2) is 33.0 Å². The van der Waals surface area contributed by atoms with Gasteiger partial charge in [-0.3, -0.25) is 9.36 Å². The third kappa shape index (κ3) is 3.86. The minimum absolute atomic E-state index is 0.0923. The molecule has 3 aromatic carbocycles. The molecule has 1 aliphatic rings. The van der Waals surface area contributed by atoms with Gasteiger partial charge in [-0.15, -0.1) is 10.2 Å². The Labute approximate surface area is 185 Å². The standard InChI is InChI=1S/C25H22N4OS/c1-18-8-7-10-20(16-18)24-26-27-25(29(24)21-11-3-2-4-12-21)31-17-23(30)28-15-14-19-9-5-6-13-22(19)28/h2-13,16H,14-15,17H2,1H3. The van der Waals surface area contributed by atoms with Crippen molar-refractivity contribution in [3.05, 3.63) is 90.0 Å². The van der Waals surface area contributed by atoms with Crippen LogP contribution >= 0.6 is 11.8 Å². The van der Waals surface area contributed by atoms with E-state index in [-0.39, 0.29) is 5.91 Å². The van der Waals surface area contributed by atoms with Crippen LogP contribution in [0.1, 0.15) is 11.1 Å². The quantitative estimate of drug-likeness (QED) is 0.425. The average molecular weight is 427 g/mol. The smallest absolute Gasteiger partial charge is 0.237 e. The van der Waals surface area contributed by atoms with Crippen molar-refractivity contribution in [2.45, 2.75) is 18.5 Å². The second-order valence-electron chi connectivity index (χ2n) is 7.56. The number of carbonyl (C=O) groups excluding carboxylic acids is 1. The van der Waals surface area contributed by atoms with E-state index in [0.717, 1.165) is 41.3 Å². The van der Waals surface area contributed by atoms with E-state index in [0.29, 0.717) is 10.9 Å². The molecule has 0 saturated carbocycles. The van der Waals surface area contributed by atoms with E-state index in [1.54, 1.807) is 0 Å². The fraction of sp³-hybridized carbons (Fsp3) is 0.160. The molecule has 31 heavy (non-hydrogen) atoms. The molecular formula is C25H22N4OS. The van der Waals surface area contributed by atoms with Crippen LogP contribution in [0.15, 0.2) is 84.0 Å². The van der Waals surface area contributed by atoms with Crippen LogP contribution < -0.4 is 4.90 Å². The van der Waals surface area contributed by atoms with E-state index in [9.17, 15) is 4.79 Å². The Morgan fingerprint density at radius 3 is 2.61 bits per heavy atom. The first-order chi connectivity index (χ1) is 15.2. The number of para-hydroxylation sites is 2. The summed E-state index contributed by atoms with van der Waals surface area (Å²) in [5.41, 5.74) is 5.40. The van der Waals surface area contributed by atoms with Crippen molar-refractivity contribution in [1.29, 1.82) is 0 Å². The highest BCUT2D eigenvalue weighted by Gasteiger charge is 2.25. The number of aromatic nitrogens is 3. The number of nitrogens with zero attached hydrogens (tertiary/aromatic N) is 4. The number of hydrogen-bond donors (Lipinski definition) is 0. The molecule has 6 heteroatoms. The first-order valence-corrected chi connectivity index (χ1v) is 11.3. The molecule has 0 fully saturated rings. The van der Waals surface area contributed by atoms with Gasteiger partial charge in [-0.05, 0) is 43.2 Å². The molecule has 2 heterocycles. The Morgan fingerprint density at radius 1 is 0.968 bits per heavy atom. The van der Waals surface area contributed by atoms with Crippen LogP contribution in [0.3, 0.4) is 0 Å². The predicted octanol–water partition coefficient (Wildman–Crippen LogP) is 4.92. The van der Waals surface area contributed by atoms with Crippen molar-refractivity contribution in [2.24, 2.45) is 0 Å². The first kappa shape index (κ1) is 19.6. The molecule has 0 radical (unpaired) electrons. The van der Waals surface area contributed by atoms with Gasteiger partial charge in [-0.2, -0.15) is 0 Å². The van der Waals surface area contributed by atoms with E-state index in [2.05, 4.69) is 35.3 Å². The van der Waals surface area contributed by atoms with Crippen molar-refractivity contribution in [1.82, 2.24) is 14.8 Å². The van der Waals surface area contributed by atoms with Gasteiger partial charge in [0.25, 0.3) is 0 Å². The lowest BCUT2D eigenvalue weighted by atomic mass is 10.1. The molecule has 5 nitrogen and oxygen atoms in total. The van der Waals surface area contributed by atoms with E-state index < -0.39 is 0 Å². The fourth-order valence-corrected chi connectivity index (χ4v) is 4.77. The Kier molecular flexibility index (Phi) is 5.30. The van der Waals surface area contributed by atoms with Gasteiger partial charge in [0.1, 0.15) is 0 Å². The summed E-state index contributed by atoms with van der Waals surface area (Å²) in [5.74, 6) is 1.18. The van der Waals surface area contributed by atoms with Gasteiger partial charge >= 0.3 is 0 Å². The molecule has 0 unspecified atom stereocenters. The number of carbonyl (C=O) groups is 1. The van der Waals surface area contributed by atoms with Crippen LogP contribution in [0.5, 0.6) is 0 Å². The third-order valence-corrected chi connectivity index (χ3v) is 6.35. The maximum Gasteiger partial charge on any atom is 0.237 e. The largest absolute Gasteiger partial charge is 0.311 e. The Balaban J connectivity index is 1.44. The second kappa shape index (κ2) is 8.40. The van der Waals surface area contributed by atoms with Crippen LogP contribution in [0.4, 0.5) is 5.69 Å². The Morgan fingerprint density at radius 2 is 1.77 bits per heavy atom. The molecule has 0 atom stereocenters. The maximum atomic E-state index is 13.0. The lowest BCUT2D eigenvalue weighted by molar-refractivity contribution is -0.116. The summed E-state index contributed by atoms with van der Waals surface area (Å²) in [6.07, 6.45) is 0.907. The molecule has 154 valence electrons. The lowest BCUT2D eigenvalue weighted by Crippen LogP contribution is -2.30. The number of hydrogen-bond acceptors (Lipinski definition) is 4. The van der Waals surface area contributed by atoms with E-state index in [4.69, 9.17) is 0 Å². The number of anilines is 1. The van der Waals surface area contributed by atoms with Gasteiger partial charge in [0.2, 0.25) is 5.91 Å². The van der Waals surface area contributed by atoms with Gasteiger partial charge in [0.15, 0.2) is 11.0 Å². The van der Waals surface area contributed by atoms with Crippen LogP contribution in [0.2, 0.25) is 0 Å². The summed E-state index contributed by atoms with van der Waals surface area (Å²) < 4.78 is 2.03. The zero-order chi connectivity index (χ0) is 21.2. The van der Waals surface area contributed by atoms with E-state index in [1.165, 1.54) is 17.3 Å². The van der Waals surface area contributed by atoms with Crippen molar-refractivity contribution in [2.75, 3.05) is 17.2 Å². The minimum atomic E-state index is 0.0923. The summed E-state index contributed by atoms with van der Waals surface area (Å²) >= 11 is 1.43. The molecule has 0 spiro atoms. The van der Waals surface area contributed by atoms with Crippen molar-refractivity contribution in [3.63, 3.8) is 0 Å². The van der Waals surface area contributed by atoms with Crippen molar-refractivity contribution >= 4 is 23.4 Å². The maximum absolute atomic E-state index is 13.0. The van der Waals surface area contributed by atoms with Crippen molar-refractivity contribution < 1.29 is 4.79 Å². The van der Waals surface area contributed by atoms with Gasteiger partial charge in [-0.1, -0.05) is 71.9 Å². The summed E-state index contributed by atoms with van der Waals surface area (Å²) in [6.45, 7) is 2.80. The summed E-state index contributed by atoms with van der Waals surface area (Å²) in [6, 6.07) is 26.4. The Bertz CT molecular complexity index is 1240. The van der Waals surface area contributed by atoms with Gasteiger partial charge < -0.3 is 4.90 Å². The van der Waals surface area contributed by atoms with Crippen molar-refractivity contribution in [3.8, 4) is 17.1 Å². The predicted molar refractivity (Wildman–Crippen MR) is 125 cm³/mol. The highest BCUT2D eigenvalue weighted by Crippen LogP contribution is 2.31. The van der Waals surface area contributed by atoms with Gasteiger partial charge in [0.05, 0.1) is 5.75 Å². The second-order valence-corrected chi connectivity index (χ2v) is 8.50. The van der Waals surface area contributed by atoms with Gasteiger partial charge in [-0.25, -0.2) is 0 Å². The van der Waals surface area contributed by atoms with Crippen LogP contribution in [0.25, 0.3) is 17.1 Å². The number of benzene rings is 3. The number of rotatable bonds is 5. The number of aryl methyl sites for hydroxylation is 1. The molecule has 0 N–H and O–H groups in total. The fourth-order valence-electron chi connectivity index (χ4n) is 3.95. The zero-order valence-corrected chi connectivity index (χ0v) is 18.0. The molecule has 0 bridgehead atoms. The zero-order valence-electron chi connectivity index (χ0n) is 17.2. The average Bonchev–Trinajstić information content (AvgIpc) is 3.42. The lowest BCUT2D eigenvalue weighted by Gasteiger charge is -2.17. The third-order valence-electron chi connectivity index (χ3n) is 5.44. The number of amides is 1. The molecule has 1 amide bonds. The number of fused-ring (bicyclic) bond motifs is 1.